The largest absolute Gasteiger partial charge is 0.484 e. The van der Waals surface area contributed by atoms with E-state index in [1.165, 1.54) is 6.07 Å². The number of aromatic nitrogens is 2. The second kappa shape index (κ2) is 9.45. The van der Waals surface area contributed by atoms with Crippen molar-refractivity contribution < 1.29 is 13.9 Å². The van der Waals surface area contributed by atoms with E-state index in [0.29, 0.717) is 35.9 Å². The molecule has 0 aliphatic rings. The number of carbonyl (C=O) groups excluding carboxylic acids is 1. The third kappa shape index (κ3) is 5.77. The predicted octanol–water partition coefficient (Wildman–Crippen LogP) is 3.60. The van der Waals surface area contributed by atoms with Crippen LogP contribution in [0.25, 0.3) is 0 Å². The molecule has 6 nitrogen and oxygen atoms in total. The third-order valence-corrected chi connectivity index (χ3v) is 3.98. The summed E-state index contributed by atoms with van der Waals surface area (Å²) < 4.78 is 19.0. The Balaban J connectivity index is 1.42. The normalized spacial score (nSPS) is 10.4. The lowest BCUT2D eigenvalue weighted by atomic mass is 10.1. The number of halogens is 1. The molecular formula is C21H21FN4O2. The van der Waals surface area contributed by atoms with Crippen LogP contribution >= 0.6 is 0 Å². The van der Waals surface area contributed by atoms with Crippen LogP contribution in [-0.2, 0) is 11.2 Å². The highest BCUT2D eigenvalue weighted by Gasteiger charge is 2.06. The van der Waals surface area contributed by atoms with Crippen molar-refractivity contribution in [3.63, 3.8) is 0 Å². The summed E-state index contributed by atoms with van der Waals surface area (Å²) in [5.74, 6) is 0.958. The van der Waals surface area contributed by atoms with Crippen molar-refractivity contribution in [2.24, 2.45) is 0 Å². The second-order valence-electron chi connectivity index (χ2n) is 6.22. The van der Waals surface area contributed by atoms with Crippen LogP contribution in [0.15, 0.2) is 60.7 Å². The number of rotatable bonds is 8. The Kier molecular flexibility index (Phi) is 6.51. The minimum absolute atomic E-state index is 0.118. The molecule has 0 saturated carbocycles. The maximum absolute atomic E-state index is 13.6. The average Bonchev–Trinajstić information content (AvgIpc) is 2.70. The first-order chi connectivity index (χ1) is 13.6. The van der Waals surface area contributed by atoms with Crippen LogP contribution in [0.2, 0.25) is 0 Å². The van der Waals surface area contributed by atoms with Gasteiger partial charge in [-0.05, 0) is 49.2 Å². The van der Waals surface area contributed by atoms with Crippen molar-refractivity contribution >= 4 is 17.5 Å². The number of ether oxygens (including phenoxy) is 1. The molecule has 0 aliphatic heterocycles. The number of nitrogens with zero attached hydrogens (tertiary/aromatic N) is 2. The summed E-state index contributed by atoms with van der Waals surface area (Å²) in [5.41, 5.74) is 1.76. The summed E-state index contributed by atoms with van der Waals surface area (Å²) in [5, 5.41) is 13.7. The quantitative estimate of drug-likeness (QED) is 0.625. The molecule has 0 saturated heterocycles. The van der Waals surface area contributed by atoms with Crippen LogP contribution < -0.4 is 15.4 Å². The Morgan fingerprint density at radius 3 is 2.43 bits per heavy atom. The zero-order valence-corrected chi connectivity index (χ0v) is 15.5. The van der Waals surface area contributed by atoms with Gasteiger partial charge in [-0.2, -0.15) is 0 Å². The smallest absolute Gasteiger partial charge is 0.263 e. The molecule has 144 valence electrons. The van der Waals surface area contributed by atoms with Crippen LogP contribution in [0.4, 0.5) is 16.0 Å². The number of aryl methyl sites for hydroxylation is 1. The molecule has 2 aromatic carbocycles. The molecule has 0 atom stereocenters. The number of hydrogen-bond donors (Lipinski definition) is 2. The van der Waals surface area contributed by atoms with Gasteiger partial charge in [0.1, 0.15) is 17.4 Å². The van der Waals surface area contributed by atoms with Crippen molar-refractivity contribution in [2.75, 3.05) is 23.8 Å². The molecule has 7 heteroatoms. The van der Waals surface area contributed by atoms with Crippen molar-refractivity contribution in [2.45, 2.75) is 13.3 Å². The van der Waals surface area contributed by atoms with Crippen LogP contribution in [0.5, 0.6) is 5.75 Å². The van der Waals surface area contributed by atoms with Gasteiger partial charge in [-0.3, -0.25) is 4.79 Å². The van der Waals surface area contributed by atoms with Gasteiger partial charge >= 0.3 is 0 Å². The van der Waals surface area contributed by atoms with E-state index < -0.39 is 0 Å². The highest BCUT2D eigenvalue weighted by atomic mass is 19.1. The molecule has 2 N–H and O–H groups in total. The Morgan fingerprint density at radius 1 is 1.00 bits per heavy atom. The molecule has 0 unspecified atom stereocenters. The molecule has 1 amide bonds. The second-order valence-corrected chi connectivity index (χ2v) is 6.22. The van der Waals surface area contributed by atoms with Crippen molar-refractivity contribution in [3.05, 3.63) is 77.6 Å². The van der Waals surface area contributed by atoms with E-state index in [0.717, 1.165) is 5.56 Å². The van der Waals surface area contributed by atoms with E-state index in [2.05, 4.69) is 20.8 Å². The van der Waals surface area contributed by atoms with Gasteiger partial charge in [0.25, 0.3) is 5.91 Å². The van der Waals surface area contributed by atoms with E-state index in [9.17, 15) is 9.18 Å². The van der Waals surface area contributed by atoms with Gasteiger partial charge < -0.3 is 15.4 Å². The molecule has 1 aromatic heterocycles. The van der Waals surface area contributed by atoms with Gasteiger partial charge in [0, 0.05) is 6.54 Å². The fourth-order valence-corrected chi connectivity index (χ4v) is 2.48. The first-order valence-electron chi connectivity index (χ1n) is 8.90. The lowest BCUT2D eigenvalue weighted by molar-refractivity contribution is -0.118. The zero-order chi connectivity index (χ0) is 19.8. The van der Waals surface area contributed by atoms with Gasteiger partial charge in [-0.15, -0.1) is 10.2 Å². The highest BCUT2D eigenvalue weighted by molar-refractivity contribution is 5.90. The molecule has 28 heavy (non-hydrogen) atoms. The molecule has 0 bridgehead atoms. The van der Waals surface area contributed by atoms with Crippen LogP contribution in [0.1, 0.15) is 11.1 Å². The topological polar surface area (TPSA) is 76.1 Å². The van der Waals surface area contributed by atoms with E-state index in [4.69, 9.17) is 4.74 Å². The fraction of sp³-hybridized carbons (Fsp3) is 0.190. The molecule has 1 heterocycles. The van der Waals surface area contributed by atoms with Crippen LogP contribution in [0.3, 0.4) is 0 Å². The molecular weight excluding hydrogens is 359 g/mol. The van der Waals surface area contributed by atoms with Crippen LogP contribution in [-0.4, -0.2) is 29.3 Å². The lowest BCUT2D eigenvalue weighted by Gasteiger charge is -2.08. The van der Waals surface area contributed by atoms with E-state index >= 15 is 0 Å². The number of nitrogens with one attached hydrogen (secondary N) is 2. The Morgan fingerprint density at radius 2 is 1.71 bits per heavy atom. The molecule has 0 aliphatic carbocycles. The number of hydrogen-bond acceptors (Lipinski definition) is 5. The molecule has 3 aromatic rings. The number of amides is 1. The summed E-state index contributed by atoms with van der Waals surface area (Å²) in [6.07, 6.45) is 0.531. The van der Waals surface area contributed by atoms with Crippen LogP contribution in [0, 0.1) is 12.7 Å². The first-order valence-corrected chi connectivity index (χ1v) is 8.90. The fourth-order valence-electron chi connectivity index (χ4n) is 2.48. The Hall–Kier alpha value is -3.48. The van der Waals surface area contributed by atoms with Gasteiger partial charge in [-0.1, -0.05) is 35.9 Å². The predicted molar refractivity (Wildman–Crippen MR) is 106 cm³/mol. The highest BCUT2D eigenvalue weighted by Crippen LogP contribution is 2.12. The van der Waals surface area contributed by atoms with Gasteiger partial charge in [0.2, 0.25) is 0 Å². The van der Waals surface area contributed by atoms with Crippen molar-refractivity contribution in [3.8, 4) is 5.75 Å². The minimum Gasteiger partial charge on any atom is -0.484 e. The maximum atomic E-state index is 13.6. The SMILES string of the molecule is Cc1ccc(OCC(=O)Nc2ccc(NCCc3ccccc3F)nn2)cc1. The number of anilines is 2. The molecule has 0 spiro atoms. The Labute approximate surface area is 162 Å². The standard InChI is InChI=1S/C21H21FN4O2/c1-15-6-8-17(9-7-15)28-14-21(27)24-20-11-10-19(25-26-20)23-13-12-16-4-2-3-5-18(16)22/h2-11H,12-14H2,1H3,(H,23,25)(H,24,26,27). The van der Waals surface area contributed by atoms with Gasteiger partial charge in [0.15, 0.2) is 12.4 Å². The zero-order valence-electron chi connectivity index (χ0n) is 15.5. The van der Waals surface area contributed by atoms with Gasteiger partial charge in [-0.25, -0.2) is 4.39 Å². The summed E-state index contributed by atoms with van der Waals surface area (Å²) >= 11 is 0. The average molecular weight is 380 g/mol. The summed E-state index contributed by atoms with van der Waals surface area (Å²) in [6, 6.07) is 17.4. The third-order valence-electron chi connectivity index (χ3n) is 3.98. The van der Waals surface area contributed by atoms with Gasteiger partial charge in [0.05, 0.1) is 0 Å². The molecule has 0 fully saturated rings. The summed E-state index contributed by atoms with van der Waals surface area (Å²) in [6.45, 7) is 2.38. The first kappa shape index (κ1) is 19.3. The van der Waals surface area contributed by atoms with E-state index in [1.807, 2.05) is 31.2 Å². The minimum atomic E-state index is -0.324. The van der Waals surface area contributed by atoms with E-state index in [1.54, 1.807) is 30.3 Å². The maximum Gasteiger partial charge on any atom is 0.263 e. The van der Waals surface area contributed by atoms with E-state index in [-0.39, 0.29) is 18.3 Å². The Bertz CT molecular complexity index is 914. The summed E-state index contributed by atoms with van der Waals surface area (Å²) in [4.78, 5) is 11.9. The van der Waals surface area contributed by atoms with Crippen molar-refractivity contribution in [1.29, 1.82) is 0 Å². The monoisotopic (exact) mass is 380 g/mol. The lowest BCUT2D eigenvalue weighted by Crippen LogP contribution is -2.21. The number of benzene rings is 2. The number of carbonyl (C=O) groups is 1. The molecule has 3 rings (SSSR count). The summed E-state index contributed by atoms with van der Waals surface area (Å²) in [7, 11) is 0. The molecule has 0 radical (unpaired) electrons. The van der Waals surface area contributed by atoms with Crippen molar-refractivity contribution in [1.82, 2.24) is 10.2 Å².